The lowest BCUT2D eigenvalue weighted by Crippen LogP contribution is -2.30. The molecule has 0 bridgehead atoms. The molecule has 0 aliphatic carbocycles. The third-order valence-corrected chi connectivity index (χ3v) is 3.21. The van der Waals surface area contributed by atoms with Gasteiger partial charge in [-0.15, -0.1) is 0 Å². The van der Waals surface area contributed by atoms with Crippen LogP contribution in [0.4, 0.5) is 10.5 Å². The van der Waals surface area contributed by atoms with Gasteiger partial charge in [0.25, 0.3) is 0 Å². The summed E-state index contributed by atoms with van der Waals surface area (Å²) >= 11 is 0. The molecular weight excluding hydrogens is 284 g/mol. The van der Waals surface area contributed by atoms with E-state index in [9.17, 15) is 9.59 Å². The van der Waals surface area contributed by atoms with Crippen molar-refractivity contribution < 1.29 is 19.1 Å². The molecule has 2 amide bonds. The van der Waals surface area contributed by atoms with Crippen molar-refractivity contribution in [2.24, 2.45) is 0 Å². The van der Waals surface area contributed by atoms with E-state index in [1.54, 1.807) is 18.2 Å². The fourth-order valence-electron chi connectivity index (χ4n) is 2.02. The van der Waals surface area contributed by atoms with Crippen molar-refractivity contribution in [2.75, 3.05) is 26.1 Å². The number of carbonyl (C=O) groups excluding carboxylic acids is 2. The Morgan fingerprint density at radius 3 is 2.55 bits per heavy atom. The predicted molar refractivity (Wildman–Crippen MR) is 85.5 cm³/mol. The zero-order chi connectivity index (χ0) is 16.4. The van der Waals surface area contributed by atoms with Gasteiger partial charge in [-0.2, -0.15) is 0 Å². The number of unbranched alkanes of at least 4 members (excludes halogenated alkanes) is 3. The predicted octanol–water partition coefficient (Wildman–Crippen LogP) is 3.18. The Morgan fingerprint density at radius 1 is 1.14 bits per heavy atom. The van der Waals surface area contributed by atoms with E-state index < -0.39 is 5.97 Å². The first-order valence-corrected chi connectivity index (χ1v) is 7.44. The maximum absolute atomic E-state index is 11.9. The van der Waals surface area contributed by atoms with Gasteiger partial charge in [0, 0.05) is 6.54 Å². The average molecular weight is 308 g/mol. The molecule has 1 aromatic rings. The fraction of sp³-hybridized carbons (Fsp3) is 0.500. The third kappa shape index (κ3) is 5.27. The van der Waals surface area contributed by atoms with E-state index in [0.717, 1.165) is 25.7 Å². The van der Waals surface area contributed by atoms with Crippen LogP contribution in [0.15, 0.2) is 18.2 Å². The summed E-state index contributed by atoms with van der Waals surface area (Å²) in [7, 11) is 2.77. The van der Waals surface area contributed by atoms with Crippen LogP contribution in [-0.2, 0) is 4.74 Å². The number of urea groups is 1. The van der Waals surface area contributed by atoms with Gasteiger partial charge in [-0.1, -0.05) is 32.3 Å². The lowest BCUT2D eigenvalue weighted by atomic mass is 10.1. The first-order chi connectivity index (χ1) is 10.6. The van der Waals surface area contributed by atoms with Gasteiger partial charge in [0.05, 0.1) is 25.5 Å². The summed E-state index contributed by atoms with van der Waals surface area (Å²) in [5.41, 5.74) is 0.561. The first kappa shape index (κ1) is 17.8. The minimum atomic E-state index is -0.530. The summed E-state index contributed by atoms with van der Waals surface area (Å²) in [5.74, 6) is -0.124. The smallest absolute Gasteiger partial charge is 0.340 e. The van der Waals surface area contributed by atoms with Crippen LogP contribution in [0.1, 0.15) is 43.0 Å². The van der Waals surface area contributed by atoms with Crippen molar-refractivity contribution in [3.05, 3.63) is 23.8 Å². The number of rotatable bonds is 8. The van der Waals surface area contributed by atoms with Crippen LogP contribution in [0.25, 0.3) is 0 Å². The highest BCUT2D eigenvalue weighted by molar-refractivity contribution is 6.02. The van der Waals surface area contributed by atoms with Crippen LogP contribution >= 0.6 is 0 Å². The summed E-state index contributed by atoms with van der Waals surface area (Å²) in [6, 6.07) is 4.54. The standard InChI is InChI=1S/C16H24N2O4/c1-4-5-6-7-11-17-16(20)18-14-12(15(19)22-3)9-8-10-13(14)21-2/h8-10H,4-7,11H2,1-3H3,(H2,17,18,20). The van der Waals surface area contributed by atoms with E-state index in [-0.39, 0.29) is 11.6 Å². The van der Waals surface area contributed by atoms with E-state index in [4.69, 9.17) is 9.47 Å². The molecule has 0 atom stereocenters. The van der Waals surface area contributed by atoms with Crippen molar-refractivity contribution in [2.45, 2.75) is 32.6 Å². The minimum absolute atomic E-state index is 0.253. The molecule has 2 N–H and O–H groups in total. The molecule has 0 fully saturated rings. The Balaban J connectivity index is 2.70. The molecule has 1 aromatic carbocycles. The molecule has 0 aliphatic rings. The monoisotopic (exact) mass is 308 g/mol. The number of methoxy groups -OCH3 is 2. The quantitative estimate of drug-likeness (QED) is 0.571. The molecule has 122 valence electrons. The van der Waals surface area contributed by atoms with E-state index in [2.05, 4.69) is 17.6 Å². The number of amides is 2. The van der Waals surface area contributed by atoms with Gasteiger partial charge in [-0.05, 0) is 18.6 Å². The van der Waals surface area contributed by atoms with Crippen LogP contribution in [-0.4, -0.2) is 32.8 Å². The molecule has 0 saturated heterocycles. The molecule has 6 nitrogen and oxygen atoms in total. The second kappa shape index (κ2) is 9.65. The van der Waals surface area contributed by atoms with E-state index in [1.165, 1.54) is 14.2 Å². The van der Waals surface area contributed by atoms with Crippen LogP contribution in [0, 0.1) is 0 Å². The summed E-state index contributed by atoms with van der Waals surface area (Å²) in [6.45, 7) is 2.73. The minimum Gasteiger partial charge on any atom is -0.495 e. The average Bonchev–Trinajstić information content (AvgIpc) is 2.54. The zero-order valence-electron chi connectivity index (χ0n) is 13.4. The molecule has 0 aliphatic heterocycles. The van der Waals surface area contributed by atoms with Crippen molar-refractivity contribution in [3.63, 3.8) is 0 Å². The van der Waals surface area contributed by atoms with Crippen molar-refractivity contribution >= 4 is 17.7 Å². The molecule has 0 heterocycles. The number of nitrogens with one attached hydrogen (secondary N) is 2. The maximum atomic E-state index is 11.9. The van der Waals surface area contributed by atoms with Gasteiger partial charge in [-0.25, -0.2) is 9.59 Å². The number of hydrogen-bond acceptors (Lipinski definition) is 4. The normalized spacial score (nSPS) is 9.95. The number of anilines is 1. The van der Waals surface area contributed by atoms with E-state index >= 15 is 0 Å². The third-order valence-electron chi connectivity index (χ3n) is 3.21. The molecule has 22 heavy (non-hydrogen) atoms. The summed E-state index contributed by atoms with van der Waals surface area (Å²) in [5, 5.41) is 5.43. The molecule has 0 aromatic heterocycles. The van der Waals surface area contributed by atoms with Gasteiger partial charge in [0.1, 0.15) is 5.75 Å². The molecule has 0 saturated carbocycles. The van der Waals surface area contributed by atoms with Crippen LogP contribution in [0.5, 0.6) is 5.75 Å². The largest absolute Gasteiger partial charge is 0.495 e. The lowest BCUT2D eigenvalue weighted by molar-refractivity contribution is 0.0601. The molecule has 0 unspecified atom stereocenters. The van der Waals surface area contributed by atoms with Gasteiger partial charge < -0.3 is 20.1 Å². The highest BCUT2D eigenvalue weighted by atomic mass is 16.5. The molecule has 6 heteroatoms. The van der Waals surface area contributed by atoms with Crippen molar-refractivity contribution in [1.82, 2.24) is 5.32 Å². The van der Waals surface area contributed by atoms with Crippen LogP contribution in [0.2, 0.25) is 0 Å². The molecular formula is C16H24N2O4. The Morgan fingerprint density at radius 2 is 1.91 bits per heavy atom. The second-order valence-corrected chi connectivity index (χ2v) is 4.82. The Bertz CT molecular complexity index is 503. The highest BCUT2D eigenvalue weighted by Crippen LogP contribution is 2.28. The number of carbonyl (C=O) groups is 2. The van der Waals surface area contributed by atoms with Crippen molar-refractivity contribution in [3.8, 4) is 5.75 Å². The molecule has 0 radical (unpaired) electrons. The first-order valence-electron chi connectivity index (χ1n) is 7.44. The van der Waals surface area contributed by atoms with Crippen LogP contribution < -0.4 is 15.4 Å². The van der Waals surface area contributed by atoms with Gasteiger partial charge in [-0.3, -0.25) is 0 Å². The highest BCUT2D eigenvalue weighted by Gasteiger charge is 2.17. The number of para-hydroxylation sites is 1. The fourth-order valence-corrected chi connectivity index (χ4v) is 2.02. The Kier molecular flexibility index (Phi) is 7.81. The Hall–Kier alpha value is -2.24. The van der Waals surface area contributed by atoms with Crippen LogP contribution in [0.3, 0.4) is 0 Å². The summed E-state index contributed by atoms with van der Waals surface area (Å²) in [6.07, 6.45) is 4.31. The number of ether oxygens (including phenoxy) is 2. The topological polar surface area (TPSA) is 76.7 Å². The second-order valence-electron chi connectivity index (χ2n) is 4.82. The van der Waals surface area contributed by atoms with E-state index in [1.807, 2.05) is 0 Å². The zero-order valence-corrected chi connectivity index (χ0v) is 13.4. The number of esters is 1. The van der Waals surface area contributed by atoms with Gasteiger partial charge in [0.2, 0.25) is 0 Å². The number of hydrogen-bond donors (Lipinski definition) is 2. The molecule has 0 spiro atoms. The summed E-state index contributed by atoms with van der Waals surface area (Å²) in [4.78, 5) is 23.7. The maximum Gasteiger partial charge on any atom is 0.340 e. The summed E-state index contributed by atoms with van der Waals surface area (Å²) < 4.78 is 9.91. The van der Waals surface area contributed by atoms with Crippen molar-refractivity contribution in [1.29, 1.82) is 0 Å². The van der Waals surface area contributed by atoms with Gasteiger partial charge >= 0.3 is 12.0 Å². The van der Waals surface area contributed by atoms with Gasteiger partial charge in [0.15, 0.2) is 0 Å². The lowest BCUT2D eigenvalue weighted by Gasteiger charge is -2.14. The Labute approximate surface area is 131 Å². The van der Waals surface area contributed by atoms with E-state index in [0.29, 0.717) is 18.0 Å². The SMILES string of the molecule is CCCCCCNC(=O)Nc1c(OC)cccc1C(=O)OC. The number of benzene rings is 1. The molecule has 1 rings (SSSR count).